The molecule has 5 N–H and O–H groups in total. The lowest BCUT2D eigenvalue weighted by molar-refractivity contribution is 0.102. The van der Waals surface area contributed by atoms with Crippen molar-refractivity contribution in [3.63, 3.8) is 0 Å². The summed E-state index contributed by atoms with van der Waals surface area (Å²) >= 11 is 0. The molecule has 0 saturated heterocycles. The minimum absolute atomic E-state index is 0.254. The number of anilines is 3. The van der Waals surface area contributed by atoms with Gasteiger partial charge < -0.3 is 21.5 Å². The van der Waals surface area contributed by atoms with Gasteiger partial charge in [0.25, 0.3) is 5.91 Å². The smallest absolute Gasteiger partial charge is 0.255 e. The molecule has 19 heavy (non-hydrogen) atoms. The quantitative estimate of drug-likeness (QED) is 0.734. The van der Waals surface area contributed by atoms with Crippen LogP contribution in [0.25, 0.3) is 0 Å². The van der Waals surface area contributed by atoms with Crippen molar-refractivity contribution in [2.24, 2.45) is 0 Å². The molecule has 0 aliphatic rings. The molecule has 0 aliphatic heterocycles. The fraction of sp³-hybridized carbons (Fsp3) is 0.0714. The zero-order valence-corrected chi connectivity index (χ0v) is 10.5. The Kier molecular flexibility index (Phi) is 3.56. The van der Waals surface area contributed by atoms with Crippen LogP contribution in [0.5, 0.6) is 5.75 Å². The largest absolute Gasteiger partial charge is 0.494 e. The van der Waals surface area contributed by atoms with Crippen LogP contribution < -0.4 is 21.5 Å². The Labute approximate surface area is 111 Å². The second-order valence-electron chi connectivity index (χ2n) is 4.04. The molecular formula is C14H15N3O2. The van der Waals surface area contributed by atoms with Gasteiger partial charge >= 0.3 is 0 Å². The van der Waals surface area contributed by atoms with E-state index in [1.807, 2.05) is 0 Å². The third-order valence-electron chi connectivity index (χ3n) is 2.62. The molecule has 0 aromatic heterocycles. The molecular weight excluding hydrogens is 242 g/mol. The Hall–Kier alpha value is -2.69. The first-order chi connectivity index (χ1) is 9.10. The van der Waals surface area contributed by atoms with Crippen LogP contribution in [-0.4, -0.2) is 13.0 Å². The summed E-state index contributed by atoms with van der Waals surface area (Å²) in [5.41, 5.74) is 13.5. The number of rotatable bonds is 3. The second kappa shape index (κ2) is 5.30. The summed E-state index contributed by atoms with van der Waals surface area (Å²) in [6.45, 7) is 0. The van der Waals surface area contributed by atoms with Crippen LogP contribution in [0.2, 0.25) is 0 Å². The number of hydrogen-bond donors (Lipinski definition) is 3. The molecule has 5 nitrogen and oxygen atoms in total. The fourth-order valence-electron chi connectivity index (χ4n) is 1.69. The first-order valence-electron chi connectivity index (χ1n) is 5.70. The number of nitrogens with one attached hydrogen (secondary N) is 1. The van der Waals surface area contributed by atoms with Crippen molar-refractivity contribution in [1.29, 1.82) is 0 Å². The van der Waals surface area contributed by atoms with Crippen LogP contribution in [0.1, 0.15) is 10.4 Å². The first kappa shape index (κ1) is 12.8. The summed E-state index contributed by atoms with van der Waals surface area (Å²) < 4.78 is 5.17. The monoisotopic (exact) mass is 257 g/mol. The van der Waals surface area contributed by atoms with Crippen molar-refractivity contribution >= 4 is 23.0 Å². The van der Waals surface area contributed by atoms with Crippen molar-refractivity contribution in [3.8, 4) is 5.75 Å². The van der Waals surface area contributed by atoms with Crippen molar-refractivity contribution in [2.45, 2.75) is 0 Å². The number of methoxy groups -OCH3 is 1. The molecule has 2 aromatic carbocycles. The van der Waals surface area contributed by atoms with Gasteiger partial charge in [-0.05, 0) is 30.3 Å². The predicted molar refractivity (Wildman–Crippen MR) is 76.2 cm³/mol. The molecule has 5 heteroatoms. The molecule has 1 amide bonds. The van der Waals surface area contributed by atoms with Gasteiger partial charge in [-0.25, -0.2) is 0 Å². The topological polar surface area (TPSA) is 90.4 Å². The van der Waals surface area contributed by atoms with Crippen LogP contribution in [0.4, 0.5) is 17.1 Å². The van der Waals surface area contributed by atoms with Gasteiger partial charge in [0, 0.05) is 23.0 Å². The number of carbonyl (C=O) groups excluding carboxylic acids is 1. The summed E-state index contributed by atoms with van der Waals surface area (Å²) in [4.78, 5) is 12.1. The van der Waals surface area contributed by atoms with E-state index in [1.54, 1.807) is 42.5 Å². The van der Waals surface area contributed by atoms with Crippen LogP contribution in [0.15, 0.2) is 42.5 Å². The highest BCUT2D eigenvalue weighted by Gasteiger charge is 2.10. The predicted octanol–water partition coefficient (Wildman–Crippen LogP) is 2.11. The maximum Gasteiger partial charge on any atom is 0.255 e. The van der Waals surface area contributed by atoms with E-state index in [4.69, 9.17) is 16.2 Å². The highest BCUT2D eigenvalue weighted by molar-refractivity contribution is 6.05. The number of amides is 1. The van der Waals surface area contributed by atoms with E-state index in [2.05, 4.69) is 5.32 Å². The minimum atomic E-state index is -0.254. The number of benzene rings is 2. The molecule has 2 aromatic rings. The lowest BCUT2D eigenvalue weighted by Crippen LogP contribution is -2.13. The van der Waals surface area contributed by atoms with Crippen molar-refractivity contribution in [1.82, 2.24) is 0 Å². The van der Waals surface area contributed by atoms with Crippen LogP contribution >= 0.6 is 0 Å². The van der Waals surface area contributed by atoms with E-state index in [1.165, 1.54) is 7.11 Å². The molecule has 0 heterocycles. The summed E-state index contributed by atoms with van der Waals surface area (Å²) in [5.74, 6) is 0.257. The number of ether oxygens (including phenoxy) is 1. The highest BCUT2D eigenvalue weighted by Crippen LogP contribution is 2.27. The average Bonchev–Trinajstić information content (AvgIpc) is 2.40. The SMILES string of the molecule is COc1cc(N)ccc1NC(=O)c1cccc(N)c1. The van der Waals surface area contributed by atoms with E-state index < -0.39 is 0 Å². The van der Waals surface area contributed by atoms with Gasteiger partial charge in [-0.3, -0.25) is 4.79 Å². The van der Waals surface area contributed by atoms with Gasteiger partial charge in [-0.1, -0.05) is 6.07 Å². The molecule has 0 radical (unpaired) electrons. The van der Waals surface area contributed by atoms with Crippen LogP contribution in [0.3, 0.4) is 0 Å². The summed E-state index contributed by atoms with van der Waals surface area (Å²) in [7, 11) is 1.52. The zero-order chi connectivity index (χ0) is 13.8. The lowest BCUT2D eigenvalue weighted by atomic mass is 10.2. The van der Waals surface area contributed by atoms with Gasteiger partial charge in [-0.15, -0.1) is 0 Å². The fourth-order valence-corrected chi connectivity index (χ4v) is 1.69. The molecule has 0 fully saturated rings. The third-order valence-corrected chi connectivity index (χ3v) is 2.62. The summed E-state index contributed by atoms with van der Waals surface area (Å²) in [6, 6.07) is 11.8. The van der Waals surface area contributed by atoms with Crippen LogP contribution in [-0.2, 0) is 0 Å². The molecule has 0 spiro atoms. The molecule has 0 unspecified atom stereocenters. The Bertz CT molecular complexity index is 611. The van der Waals surface area contributed by atoms with Crippen molar-refractivity contribution < 1.29 is 9.53 Å². The second-order valence-corrected chi connectivity index (χ2v) is 4.04. The molecule has 0 atom stereocenters. The number of carbonyl (C=O) groups is 1. The number of nitrogen functional groups attached to an aromatic ring is 2. The molecule has 0 aliphatic carbocycles. The first-order valence-corrected chi connectivity index (χ1v) is 5.70. The molecule has 0 saturated carbocycles. The zero-order valence-electron chi connectivity index (χ0n) is 10.5. The van der Waals surface area contributed by atoms with Gasteiger partial charge in [0.2, 0.25) is 0 Å². The Morgan fingerprint density at radius 1 is 1.11 bits per heavy atom. The van der Waals surface area contributed by atoms with E-state index in [-0.39, 0.29) is 5.91 Å². The Balaban J connectivity index is 2.24. The van der Waals surface area contributed by atoms with Crippen molar-refractivity contribution in [2.75, 3.05) is 23.9 Å². The molecule has 98 valence electrons. The standard InChI is InChI=1S/C14H15N3O2/c1-19-13-8-11(16)5-6-12(13)17-14(18)9-3-2-4-10(15)7-9/h2-8H,15-16H2,1H3,(H,17,18). The normalized spacial score (nSPS) is 9.95. The average molecular weight is 257 g/mol. The van der Waals surface area contributed by atoms with Gasteiger partial charge in [-0.2, -0.15) is 0 Å². The Morgan fingerprint density at radius 3 is 2.53 bits per heavy atom. The number of hydrogen-bond acceptors (Lipinski definition) is 4. The highest BCUT2D eigenvalue weighted by atomic mass is 16.5. The number of nitrogens with two attached hydrogens (primary N) is 2. The van der Waals surface area contributed by atoms with Gasteiger partial charge in [0.1, 0.15) is 5.75 Å². The molecule has 2 rings (SSSR count). The summed E-state index contributed by atoms with van der Waals surface area (Å²) in [6.07, 6.45) is 0. The Morgan fingerprint density at radius 2 is 1.84 bits per heavy atom. The van der Waals surface area contributed by atoms with E-state index >= 15 is 0 Å². The lowest BCUT2D eigenvalue weighted by Gasteiger charge is -2.11. The maximum absolute atomic E-state index is 12.1. The maximum atomic E-state index is 12.1. The van der Waals surface area contributed by atoms with E-state index in [0.717, 1.165) is 0 Å². The van der Waals surface area contributed by atoms with Crippen molar-refractivity contribution in [3.05, 3.63) is 48.0 Å². The minimum Gasteiger partial charge on any atom is -0.494 e. The van der Waals surface area contributed by atoms with E-state index in [9.17, 15) is 4.79 Å². The van der Waals surface area contributed by atoms with Gasteiger partial charge in [0.05, 0.1) is 12.8 Å². The summed E-state index contributed by atoms with van der Waals surface area (Å²) in [5, 5.41) is 2.76. The van der Waals surface area contributed by atoms with Crippen LogP contribution in [0, 0.1) is 0 Å². The molecule has 0 bridgehead atoms. The third kappa shape index (κ3) is 2.95. The van der Waals surface area contributed by atoms with E-state index in [0.29, 0.717) is 28.4 Å². The van der Waals surface area contributed by atoms with Gasteiger partial charge in [0.15, 0.2) is 0 Å².